The van der Waals surface area contributed by atoms with Crippen LogP contribution in [-0.4, -0.2) is 35.6 Å². The SMILES string of the molecule is c1cncc(C2CNCC3CCCCN32)c1. The summed E-state index contributed by atoms with van der Waals surface area (Å²) in [6.45, 7) is 3.49. The first-order valence-electron chi connectivity index (χ1n) is 6.31. The van der Waals surface area contributed by atoms with E-state index < -0.39 is 0 Å². The van der Waals surface area contributed by atoms with E-state index in [4.69, 9.17) is 0 Å². The molecule has 3 rings (SSSR count). The summed E-state index contributed by atoms with van der Waals surface area (Å²) >= 11 is 0. The minimum atomic E-state index is 0.535. The molecule has 0 saturated carbocycles. The van der Waals surface area contributed by atoms with Crippen LogP contribution in [0.15, 0.2) is 24.5 Å². The zero-order valence-electron chi connectivity index (χ0n) is 9.60. The molecule has 86 valence electrons. The first kappa shape index (κ1) is 10.2. The van der Waals surface area contributed by atoms with Crippen molar-refractivity contribution in [3.63, 3.8) is 0 Å². The predicted molar refractivity (Wildman–Crippen MR) is 64.2 cm³/mol. The number of rotatable bonds is 1. The first-order valence-corrected chi connectivity index (χ1v) is 6.31. The van der Waals surface area contributed by atoms with E-state index in [1.165, 1.54) is 31.4 Å². The van der Waals surface area contributed by atoms with Gasteiger partial charge in [-0.15, -0.1) is 0 Å². The van der Waals surface area contributed by atoms with Crippen LogP contribution in [0, 0.1) is 0 Å². The van der Waals surface area contributed by atoms with Gasteiger partial charge in [-0.3, -0.25) is 9.88 Å². The Morgan fingerprint density at radius 2 is 2.31 bits per heavy atom. The molecule has 0 bridgehead atoms. The van der Waals surface area contributed by atoms with Crippen LogP contribution >= 0.6 is 0 Å². The molecular weight excluding hydrogens is 198 g/mol. The molecular formula is C13H19N3. The highest BCUT2D eigenvalue weighted by atomic mass is 15.3. The molecule has 0 aromatic carbocycles. The molecule has 0 amide bonds. The fraction of sp³-hybridized carbons (Fsp3) is 0.615. The lowest BCUT2D eigenvalue weighted by Crippen LogP contribution is -2.54. The van der Waals surface area contributed by atoms with E-state index in [-0.39, 0.29) is 0 Å². The van der Waals surface area contributed by atoms with E-state index >= 15 is 0 Å². The molecule has 0 radical (unpaired) electrons. The molecule has 3 nitrogen and oxygen atoms in total. The van der Waals surface area contributed by atoms with Crippen LogP contribution in [-0.2, 0) is 0 Å². The number of nitrogens with zero attached hydrogens (tertiary/aromatic N) is 2. The topological polar surface area (TPSA) is 28.2 Å². The number of fused-ring (bicyclic) bond motifs is 1. The molecule has 16 heavy (non-hydrogen) atoms. The highest BCUT2D eigenvalue weighted by molar-refractivity contribution is 5.16. The van der Waals surface area contributed by atoms with Gasteiger partial charge in [-0.1, -0.05) is 12.5 Å². The van der Waals surface area contributed by atoms with E-state index in [2.05, 4.69) is 21.3 Å². The van der Waals surface area contributed by atoms with E-state index in [1.54, 1.807) is 0 Å². The average Bonchev–Trinajstić information content (AvgIpc) is 2.39. The molecule has 2 unspecified atom stereocenters. The van der Waals surface area contributed by atoms with Gasteiger partial charge in [0.1, 0.15) is 0 Å². The Kier molecular flexibility index (Phi) is 2.89. The van der Waals surface area contributed by atoms with Crippen molar-refractivity contribution in [3.8, 4) is 0 Å². The summed E-state index contributed by atoms with van der Waals surface area (Å²) in [6.07, 6.45) is 7.97. The zero-order chi connectivity index (χ0) is 10.8. The third-order valence-electron chi connectivity index (χ3n) is 3.86. The largest absolute Gasteiger partial charge is 0.313 e. The molecule has 1 aromatic heterocycles. The van der Waals surface area contributed by atoms with Crippen LogP contribution in [0.4, 0.5) is 0 Å². The van der Waals surface area contributed by atoms with Gasteiger partial charge in [0.15, 0.2) is 0 Å². The van der Waals surface area contributed by atoms with Crippen LogP contribution in [0.25, 0.3) is 0 Å². The molecule has 1 aromatic rings. The van der Waals surface area contributed by atoms with Gasteiger partial charge >= 0.3 is 0 Å². The van der Waals surface area contributed by atoms with Crippen molar-refractivity contribution in [2.45, 2.75) is 31.3 Å². The minimum absolute atomic E-state index is 0.535. The first-order chi connectivity index (χ1) is 7.95. The van der Waals surface area contributed by atoms with Gasteiger partial charge in [0, 0.05) is 37.6 Å². The third-order valence-corrected chi connectivity index (χ3v) is 3.86. The summed E-state index contributed by atoms with van der Waals surface area (Å²) in [5.74, 6) is 0. The van der Waals surface area contributed by atoms with Crippen molar-refractivity contribution in [2.24, 2.45) is 0 Å². The van der Waals surface area contributed by atoms with Crippen LogP contribution < -0.4 is 5.32 Å². The second kappa shape index (κ2) is 4.52. The van der Waals surface area contributed by atoms with Crippen LogP contribution in [0.2, 0.25) is 0 Å². The van der Waals surface area contributed by atoms with Crippen molar-refractivity contribution < 1.29 is 0 Å². The van der Waals surface area contributed by atoms with Crippen molar-refractivity contribution in [1.29, 1.82) is 0 Å². The maximum absolute atomic E-state index is 4.24. The van der Waals surface area contributed by atoms with Gasteiger partial charge in [-0.25, -0.2) is 0 Å². The van der Waals surface area contributed by atoms with E-state index in [0.29, 0.717) is 6.04 Å². The van der Waals surface area contributed by atoms with Gasteiger partial charge < -0.3 is 5.32 Å². The average molecular weight is 217 g/mol. The summed E-state index contributed by atoms with van der Waals surface area (Å²) in [5, 5.41) is 3.56. The second-order valence-corrected chi connectivity index (χ2v) is 4.85. The Morgan fingerprint density at radius 1 is 1.31 bits per heavy atom. The number of hydrogen-bond acceptors (Lipinski definition) is 3. The summed E-state index contributed by atoms with van der Waals surface area (Å²) in [5.41, 5.74) is 1.36. The van der Waals surface area contributed by atoms with Crippen molar-refractivity contribution in [1.82, 2.24) is 15.2 Å². The minimum Gasteiger partial charge on any atom is -0.313 e. The van der Waals surface area contributed by atoms with Crippen molar-refractivity contribution in [3.05, 3.63) is 30.1 Å². The van der Waals surface area contributed by atoms with E-state index in [9.17, 15) is 0 Å². The summed E-state index contributed by atoms with van der Waals surface area (Å²) in [6, 6.07) is 5.53. The standard InChI is InChI=1S/C13H19N3/c1-2-7-16-12(5-1)9-15-10-13(16)11-4-3-6-14-8-11/h3-4,6,8,12-13,15H,1-2,5,7,9-10H2. The molecule has 2 aliphatic rings. The molecule has 2 aliphatic heterocycles. The third kappa shape index (κ3) is 1.85. The van der Waals surface area contributed by atoms with Crippen molar-refractivity contribution in [2.75, 3.05) is 19.6 Å². The van der Waals surface area contributed by atoms with E-state index in [0.717, 1.165) is 19.1 Å². The Labute approximate surface area is 96.9 Å². The molecule has 3 heterocycles. The highest BCUT2D eigenvalue weighted by Gasteiger charge is 2.32. The van der Waals surface area contributed by atoms with Gasteiger partial charge in [-0.05, 0) is 31.0 Å². The van der Waals surface area contributed by atoms with Gasteiger partial charge in [0.05, 0.1) is 0 Å². The lowest BCUT2D eigenvalue weighted by Gasteiger charge is -2.45. The molecule has 0 spiro atoms. The fourth-order valence-electron chi connectivity index (χ4n) is 3.04. The van der Waals surface area contributed by atoms with Crippen LogP contribution in [0.5, 0.6) is 0 Å². The van der Waals surface area contributed by atoms with Gasteiger partial charge in [0.25, 0.3) is 0 Å². The lowest BCUT2D eigenvalue weighted by atomic mass is 9.94. The Morgan fingerprint density at radius 3 is 3.19 bits per heavy atom. The Hall–Kier alpha value is -0.930. The summed E-state index contributed by atoms with van der Waals surface area (Å²) in [7, 11) is 0. The quantitative estimate of drug-likeness (QED) is 0.774. The van der Waals surface area contributed by atoms with Crippen molar-refractivity contribution >= 4 is 0 Å². The fourth-order valence-corrected chi connectivity index (χ4v) is 3.04. The molecule has 2 atom stereocenters. The zero-order valence-corrected chi connectivity index (χ0v) is 9.60. The smallest absolute Gasteiger partial charge is 0.0491 e. The number of piperazine rings is 1. The molecule has 0 aliphatic carbocycles. The highest BCUT2D eigenvalue weighted by Crippen LogP contribution is 2.29. The number of piperidine rings is 1. The van der Waals surface area contributed by atoms with Crippen LogP contribution in [0.3, 0.4) is 0 Å². The molecule has 2 fully saturated rings. The number of nitrogens with one attached hydrogen (secondary N) is 1. The normalized spacial score (nSPS) is 31.0. The molecule has 3 heteroatoms. The number of aromatic nitrogens is 1. The maximum atomic E-state index is 4.24. The Balaban J connectivity index is 1.83. The monoisotopic (exact) mass is 217 g/mol. The number of hydrogen-bond donors (Lipinski definition) is 1. The summed E-state index contributed by atoms with van der Waals surface area (Å²) < 4.78 is 0. The maximum Gasteiger partial charge on any atom is 0.0491 e. The Bertz CT molecular complexity index is 336. The molecule has 1 N–H and O–H groups in total. The lowest BCUT2D eigenvalue weighted by molar-refractivity contribution is 0.0642. The van der Waals surface area contributed by atoms with Gasteiger partial charge in [0.2, 0.25) is 0 Å². The number of pyridine rings is 1. The second-order valence-electron chi connectivity index (χ2n) is 4.85. The molecule has 2 saturated heterocycles. The predicted octanol–water partition coefficient (Wildman–Crippen LogP) is 1.58. The van der Waals surface area contributed by atoms with Crippen LogP contribution in [0.1, 0.15) is 30.9 Å². The summed E-state index contributed by atoms with van der Waals surface area (Å²) in [4.78, 5) is 6.92. The van der Waals surface area contributed by atoms with Gasteiger partial charge in [-0.2, -0.15) is 0 Å². The van der Waals surface area contributed by atoms with E-state index in [1.807, 2.05) is 18.5 Å².